The predicted octanol–water partition coefficient (Wildman–Crippen LogP) is 1.68. The van der Waals surface area contributed by atoms with Crippen molar-refractivity contribution in [3.8, 4) is 18.1 Å². The summed E-state index contributed by atoms with van der Waals surface area (Å²) in [5.41, 5.74) is 0.879. The third-order valence-electron chi connectivity index (χ3n) is 2.12. The van der Waals surface area contributed by atoms with Gasteiger partial charge in [0.15, 0.2) is 0 Å². The molecule has 0 aromatic carbocycles. The highest BCUT2D eigenvalue weighted by Gasteiger charge is 2.02. The Morgan fingerprint density at radius 3 is 2.93 bits per heavy atom. The van der Waals surface area contributed by atoms with E-state index < -0.39 is 0 Å². The van der Waals surface area contributed by atoms with E-state index in [1.165, 1.54) is 6.20 Å². The van der Waals surface area contributed by atoms with Gasteiger partial charge in [-0.25, -0.2) is 0 Å². The number of hydrogen-bond donors (Lipinski definition) is 2. The molecule has 0 fully saturated rings. The summed E-state index contributed by atoms with van der Waals surface area (Å²) in [6, 6.07) is 3.50. The molecule has 0 aliphatic heterocycles. The van der Waals surface area contributed by atoms with Gasteiger partial charge in [0.2, 0.25) is 0 Å². The van der Waals surface area contributed by atoms with Crippen LogP contribution < -0.4 is 5.32 Å². The Labute approximate surface area is 90.5 Å². The van der Waals surface area contributed by atoms with Crippen LogP contribution in [0.4, 0.5) is 0 Å². The first kappa shape index (κ1) is 11.5. The highest BCUT2D eigenvalue weighted by Crippen LogP contribution is 2.06. The van der Waals surface area contributed by atoms with E-state index >= 15 is 0 Å². The van der Waals surface area contributed by atoms with Crippen molar-refractivity contribution in [3.05, 3.63) is 24.0 Å². The van der Waals surface area contributed by atoms with Crippen LogP contribution in [0.3, 0.4) is 0 Å². The molecular weight excluding hydrogens is 188 g/mol. The van der Waals surface area contributed by atoms with Gasteiger partial charge in [-0.3, -0.25) is 10.3 Å². The number of nitrogens with one attached hydrogen (secondary N) is 1. The number of hydrogen-bond acceptors (Lipinski definition) is 3. The molecular formula is C12H16N2O. The summed E-state index contributed by atoms with van der Waals surface area (Å²) in [5, 5.41) is 12.3. The molecule has 0 saturated carbocycles. The SMILES string of the molecule is C#CC(CCC)NCc1ccc(O)cn1. The quantitative estimate of drug-likeness (QED) is 0.717. The number of terminal acetylenes is 1. The van der Waals surface area contributed by atoms with Crippen molar-refractivity contribution < 1.29 is 5.11 Å². The monoisotopic (exact) mass is 204 g/mol. The third kappa shape index (κ3) is 4.01. The molecule has 15 heavy (non-hydrogen) atoms. The standard InChI is InChI=1S/C12H16N2O/c1-3-5-10(4-2)13-8-11-6-7-12(15)9-14-11/h2,6-7,9-10,13,15H,3,5,8H2,1H3. The molecule has 1 rings (SSSR count). The number of aromatic hydroxyl groups is 1. The van der Waals surface area contributed by atoms with E-state index in [2.05, 4.69) is 23.1 Å². The van der Waals surface area contributed by atoms with Gasteiger partial charge in [0.05, 0.1) is 17.9 Å². The van der Waals surface area contributed by atoms with Crippen LogP contribution in [0, 0.1) is 12.3 Å². The summed E-state index contributed by atoms with van der Waals surface area (Å²) < 4.78 is 0. The molecule has 3 heteroatoms. The van der Waals surface area contributed by atoms with Crippen molar-refractivity contribution in [2.24, 2.45) is 0 Å². The summed E-state index contributed by atoms with van der Waals surface area (Å²) in [6.45, 7) is 2.74. The van der Waals surface area contributed by atoms with E-state index in [1.54, 1.807) is 12.1 Å². The smallest absolute Gasteiger partial charge is 0.133 e. The van der Waals surface area contributed by atoms with Gasteiger partial charge in [0.1, 0.15) is 5.75 Å². The van der Waals surface area contributed by atoms with Crippen LogP contribution in [-0.2, 0) is 6.54 Å². The van der Waals surface area contributed by atoms with Crippen molar-refractivity contribution in [2.75, 3.05) is 0 Å². The second kappa shape index (κ2) is 6.05. The summed E-state index contributed by atoms with van der Waals surface area (Å²) in [5.74, 6) is 2.88. The van der Waals surface area contributed by atoms with Gasteiger partial charge in [-0.1, -0.05) is 19.3 Å². The fraction of sp³-hybridized carbons (Fsp3) is 0.417. The van der Waals surface area contributed by atoms with Gasteiger partial charge in [-0.2, -0.15) is 0 Å². The molecule has 0 spiro atoms. The fourth-order valence-corrected chi connectivity index (χ4v) is 1.28. The lowest BCUT2D eigenvalue weighted by Gasteiger charge is -2.11. The zero-order valence-electron chi connectivity index (χ0n) is 8.90. The number of pyridine rings is 1. The Hall–Kier alpha value is -1.53. The average Bonchev–Trinajstić information content (AvgIpc) is 2.26. The molecule has 0 amide bonds. The normalized spacial score (nSPS) is 12.0. The van der Waals surface area contributed by atoms with Crippen LogP contribution in [0.5, 0.6) is 5.75 Å². The minimum Gasteiger partial charge on any atom is -0.506 e. The minimum absolute atomic E-state index is 0.102. The maximum Gasteiger partial charge on any atom is 0.133 e. The molecule has 1 heterocycles. The third-order valence-corrected chi connectivity index (χ3v) is 2.12. The fourth-order valence-electron chi connectivity index (χ4n) is 1.28. The molecule has 0 saturated heterocycles. The second-order valence-electron chi connectivity index (χ2n) is 3.40. The number of rotatable bonds is 5. The van der Waals surface area contributed by atoms with E-state index in [4.69, 9.17) is 11.5 Å². The van der Waals surface area contributed by atoms with Gasteiger partial charge in [0, 0.05) is 6.54 Å². The van der Waals surface area contributed by atoms with Crippen molar-refractivity contribution >= 4 is 0 Å². The van der Waals surface area contributed by atoms with Crippen molar-refractivity contribution in [1.29, 1.82) is 0 Å². The Morgan fingerprint density at radius 1 is 1.60 bits per heavy atom. The molecule has 0 aliphatic rings. The second-order valence-corrected chi connectivity index (χ2v) is 3.40. The van der Waals surface area contributed by atoms with Gasteiger partial charge in [-0.15, -0.1) is 6.42 Å². The van der Waals surface area contributed by atoms with E-state index in [0.29, 0.717) is 6.54 Å². The topological polar surface area (TPSA) is 45.1 Å². The minimum atomic E-state index is 0.102. The summed E-state index contributed by atoms with van der Waals surface area (Å²) >= 11 is 0. The lowest BCUT2D eigenvalue weighted by molar-refractivity contribution is 0.471. The summed E-state index contributed by atoms with van der Waals surface area (Å²) in [6.07, 6.45) is 8.83. The van der Waals surface area contributed by atoms with Crippen LogP contribution in [0.1, 0.15) is 25.5 Å². The first-order valence-electron chi connectivity index (χ1n) is 5.09. The van der Waals surface area contributed by atoms with Crippen molar-refractivity contribution in [2.45, 2.75) is 32.4 Å². The van der Waals surface area contributed by atoms with E-state index in [0.717, 1.165) is 18.5 Å². The zero-order chi connectivity index (χ0) is 11.1. The molecule has 2 N–H and O–H groups in total. The van der Waals surface area contributed by atoms with Crippen LogP contribution in [0.25, 0.3) is 0 Å². The van der Waals surface area contributed by atoms with Crippen molar-refractivity contribution in [3.63, 3.8) is 0 Å². The van der Waals surface area contributed by atoms with Crippen molar-refractivity contribution in [1.82, 2.24) is 10.3 Å². The zero-order valence-corrected chi connectivity index (χ0v) is 8.90. The van der Waals surface area contributed by atoms with Gasteiger partial charge >= 0.3 is 0 Å². The van der Waals surface area contributed by atoms with Crippen LogP contribution in [0.2, 0.25) is 0 Å². The summed E-state index contributed by atoms with van der Waals surface area (Å²) in [7, 11) is 0. The highest BCUT2D eigenvalue weighted by molar-refractivity contribution is 5.18. The maximum absolute atomic E-state index is 9.05. The lowest BCUT2D eigenvalue weighted by Crippen LogP contribution is -2.27. The molecule has 0 aliphatic carbocycles. The van der Waals surface area contributed by atoms with Gasteiger partial charge < -0.3 is 5.11 Å². The van der Waals surface area contributed by atoms with Gasteiger partial charge in [-0.05, 0) is 18.6 Å². The molecule has 1 aromatic heterocycles. The molecule has 3 nitrogen and oxygen atoms in total. The largest absolute Gasteiger partial charge is 0.506 e. The Balaban J connectivity index is 2.42. The van der Waals surface area contributed by atoms with E-state index in [-0.39, 0.29) is 11.8 Å². The molecule has 80 valence electrons. The van der Waals surface area contributed by atoms with E-state index in [9.17, 15) is 0 Å². The Morgan fingerprint density at radius 2 is 2.40 bits per heavy atom. The first-order valence-corrected chi connectivity index (χ1v) is 5.09. The molecule has 1 aromatic rings. The molecule has 1 unspecified atom stereocenters. The number of aromatic nitrogens is 1. The molecule has 0 bridgehead atoms. The van der Waals surface area contributed by atoms with Gasteiger partial charge in [0.25, 0.3) is 0 Å². The maximum atomic E-state index is 9.05. The molecule has 0 radical (unpaired) electrons. The average molecular weight is 204 g/mol. The first-order chi connectivity index (χ1) is 7.26. The van der Waals surface area contributed by atoms with Crippen LogP contribution in [0.15, 0.2) is 18.3 Å². The van der Waals surface area contributed by atoms with E-state index in [1.807, 2.05) is 0 Å². The Bertz CT molecular complexity index is 326. The Kier molecular flexibility index (Phi) is 4.65. The van der Waals surface area contributed by atoms with Crippen LogP contribution in [-0.4, -0.2) is 16.1 Å². The number of nitrogens with zero attached hydrogens (tertiary/aromatic N) is 1. The highest BCUT2D eigenvalue weighted by atomic mass is 16.3. The van der Waals surface area contributed by atoms with Crippen LogP contribution >= 0.6 is 0 Å². The predicted molar refractivity (Wildman–Crippen MR) is 60.3 cm³/mol. The summed E-state index contributed by atoms with van der Waals surface area (Å²) in [4.78, 5) is 4.06. The molecule has 1 atom stereocenters. The lowest BCUT2D eigenvalue weighted by atomic mass is 10.2.